The Balaban J connectivity index is 2.50. The maximum Gasteiger partial charge on any atom is 0.119 e. The minimum absolute atomic E-state index is 0.373. The van der Waals surface area contributed by atoms with Crippen molar-refractivity contribution in [3.05, 3.63) is 40.5 Å². The number of aromatic hydroxyl groups is 1. The van der Waals surface area contributed by atoms with Gasteiger partial charge in [0.1, 0.15) is 5.75 Å². The molecular formula is C21H32O. The van der Waals surface area contributed by atoms with Crippen molar-refractivity contribution in [3.63, 3.8) is 0 Å². The summed E-state index contributed by atoms with van der Waals surface area (Å²) in [5.74, 6) is 2.11. The van der Waals surface area contributed by atoms with Gasteiger partial charge in [0.15, 0.2) is 0 Å². The van der Waals surface area contributed by atoms with Crippen LogP contribution < -0.4 is 0 Å². The highest BCUT2D eigenvalue weighted by Gasteiger charge is 2.26. The second kappa shape index (κ2) is 7.35. The Kier molecular flexibility index (Phi) is 5.72. The van der Waals surface area contributed by atoms with Gasteiger partial charge < -0.3 is 5.11 Å². The van der Waals surface area contributed by atoms with Crippen LogP contribution in [0, 0.1) is 11.8 Å². The van der Waals surface area contributed by atoms with Crippen LogP contribution >= 0.6 is 0 Å². The fraction of sp³-hybridized carbons (Fsp3) is 0.619. The van der Waals surface area contributed by atoms with Gasteiger partial charge in [-0.15, -0.1) is 0 Å². The molecule has 0 unspecified atom stereocenters. The van der Waals surface area contributed by atoms with Gasteiger partial charge in [-0.1, -0.05) is 51.8 Å². The molecule has 1 N–H and O–H groups in total. The zero-order valence-electron chi connectivity index (χ0n) is 14.9. The van der Waals surface area contributed by atoms with Crippen molar-refractivity contribution in [2.24, 2.45) is 11.8 Å². The van der Waals surface area contributed by atoms with Crippen molar-refractivity contribution in [2.45, 2.75) is 72.6 Å². The molecule has 0 aliphatic heterocycles. The highest BCUT2D eigenvalue weighted by Crippen LogP contribution is 2.42. The van der Waals surface area contributed by atoms with E-state index >= 15 is 0 Å². The lowest BCUT2D eigenvalue weighted by Crippen LogP contribution is -2.16. The second-order valence-electron chi connectivity index (χ2n) is 7.59. The number of phenols is 1. The first-order chi connectivity index (χ1) is 10.4. The maximum absolute atomic E-state index is 10.7. The van der Waals surface area contributed by atoms with Crippen molar-refractivity contribution in [2.75, 3.05) is 0 Å². The largest absolute Gasteiger partial charge is 0.508 e. The van der Waals surface area contributed by atoms with Gasteiger partial charge in [0.05, 0.1) is 0 Å². The van der Waals surface area contributed by atoms with Gasteiger partial charge in [-0.25, -0.2) is 0 Å². The van der Waals surface area contributed by atoms with Gasteiger partial charge in [-0.05, 0) is 61.6 Å². The van der Waals surface area contributed by atoms with Crippen molar-refractivity contribution in [3.8, 4) is 5.75 Å². The van der Waals surface area contributed by atoms with Crippen molar-refractivity contribution in [1.29, 1.82) is 0 Å². The number of aryl methyl sites for hydroxylation is 1. The first-order valence-electron chi connectivity index (χ1n) is 8.94. The molecule has 122 valence electrons. The summed E-state index contributed by atoms with van der Waals surface area (Å²) in [4.78, 5) is 0. The average Bonchev–Trinajstić information content (AvgIpc) is 2.41. The predicted molar refractivity (Wildman–Crippen MR) is 95.5 cm³/mol. The van der Waals surface area contributed by atoms with E-state index in [0.29, 0.717) is 23.5 Å². The van der Waals surface area contributed by atoms with Crippen molar-refractivity contribution in [1.82, 2.24) is 0 Å². The number of rotatable bonds is 5. The number of benzene rings is 1. The summed E-state index contributed by atoms with van der Waals surface area (Å²) in [6.45, 7) is 11.3. The van der Waals surface area contributed by atoms with Gasteiger partial charge in [-0.3, -0.25) is 0 Å². The van der Waals surface area contributed by atoms with E-state index in [0.717, 1.165) is 19.3 Å². The van der Waals surface area contributed by atoms with Crippen molar-refractivity contribution >= 4 is 0 Å². The van der Waals surface area contributed by atoms with Gasteiger partial charge >= 0.3 is 0 Å². The Morgan fingerprint density at radius 2 is 2.00 bits per heavy atom. The lowest BCUT2D eigenvalue weighted by Gasteiger charge is -2.30. The van der Waals surface area contributed by atoms with E-state index in [4.69, 9.17) is 0 Å². The predicted octanol–water partition coefficient (Wildman–Crippen LogP) is 6.00. The van der Waals surface area contributed by atoms with E-state index in [1.807, 2.05) is 6.07 Å². The van der Waals surface area contributed by atoms with Crippen LogP contribution in [0.2, 0.25) is 0 Å². The molecule has 0 saturated heterocycles. The lowest BCUT2D eigenvalue weighted by molar-refractivity contribution is 0.420. The molecule has 1 nitrogen and oxygen atoms in total. The van der Waals surface area contributed by atoms with E-state index in [9.17, 15) is 5.11 Å². The summed E-state index contributed by atoms with van der Waals surface area (Å²) in [5, 5.41) is 10.7. The molecule has 2 atom stereocenters. The van der Waals surface area contributed by atoms with Crippen LogP contribution in [0.4, 0.5) is 0 Å². The van der Waals surface area contributed by atoms with Crippen LogP contribution in [0.15, 0.2) is 23.8 Å². The molecule has 0 spiro atoms. The smallest absolute Gasteiger partial charge is 0.119 e. The molecule has 0 radical (unpaired) electrons. The van der Waals surface area contributed by atoms with Crippen LogP contribution in [0.1, 0.15) is 76.5 Å². The Hall–Kier alpha value is -1.24. The van der Waals surface area contributed by atoms with Crippen LogP contribution in [0.5, 0.6) is 5.75 Å². The molecule has 22 heavy (non-hydrogen) atoms. The van der Waals surface area contributed by atoms with Gasteiger partial charge in [0.25, 0.3) is 0 Å². The van der Waals surface area contributed by atoms with Crippen LogP contribution in [-0.4, -0.2) is 5.11 Å². The molecule has 1 heteroatoms. The average molecular weight is 300 g/mol. The Bertz CT molecular complexity index is 539. The molecule has 2 rings (SSSR count). The highest BCUT2D eigenvalue weighted by atomic mass is 16.3. The number of hydrogen-bond acceptors (Lipinski definition) is 1. The van der Waals surface area contributed by atoms with Crippen molar-refractivity contribution < 1.29 is 5.11 Å². The van der Waals surface area contributed by atoms with Crippen LogP contribution in [0.3, 0.4) is 0 Å². The lowest BCUT2D eigenvalue weighted by atomic mass is 9.75. The third-order valence-electron chi connectivity index (χ3n) is 4.87. The third kappa shape index (κ3) is 3.94. The van der Waals surface area contributed by atoms with Gasteiger partial charge in [0.2, 0.25) is 0 Å². The molecule has 1 aliphatic carbocycles. The van der Waals surface area contributed by atoms with E-state index in [2.05, 4.69) is 46.8 Å². The SMILES string of the molecule is CCCc1cc(O)c([C@@H]2C=C(C)CC[C@H]2C)c(CC(C)C)c1. The monoisotopic (exact) mass is 300 g/mol. The fourth-order valence-electron chi connectivity index (χ4n) is 3.74. The molecular weight excluding hydrogens is 268 g/mol. The molecule has 0 fully saturated rings. The summed E-state index contributed by atoms with van der Waals surface area (Å²) < 4.78 is 0. The summed E-state index contributed by atoms with van der Waals surface area (Å²) in [5.41, 5.74) is 5.31. The number of hydrogen-bond donors (Lipinski definition) is 1. The molecule has 1 aromatic carbocycles. The van der Waals surface area contributed by atoms with Crippen LogP contribution in [-0.2, 0) is 12.8 Å². The molecule has 0 amide bonds. The van der Waals surface area contributed by atoms with Gasteiger partial charge in [-0.2, -0.15) is 0 Å². The minimum Gasteiger partial charge on any atom is -0.508 e. The molecule has 0 bridgehead atoms. The molecule has 0 heterocycles. The quantitative estimate of drug-likeness (QED) is 0.661. The summed E-state index contributed by atoms with van der Waals surface area (Å²) in [7, 11) is 0. The summed E-state index contributed by atoms with van der Waals surface area (Å²) in [6.07, 6.45) is 8.05. The summed E-state index contributed by atoms with van der Waals surface area (Å²) >= 11 is 0. The molecule has 0 saturated carbocycles. The van der Waals surface area contributed by atoms with E-state index in [1.54, 1.807) is 0 Å². The standard InChI is InChI=1S/C21H32O/c1-6-7-17-12-18(10-14(2)3)21(20(22)13-17)19-11-15(4)8-9-16(19)5/h11-14,16,19,22H,6-10H2,1-5H3/t16-,19-/m1/s1. The second-order valence-corrected chi connectivity index (χ2v) is 7.59. The first-order valence-corrected chi connectivity index (χ1v) is 8.94. The molecule has 1 aromatic rings. The zero-order chi connectivity index (χ0) is 16.3. The van der Waals surface area contributed by atoms with E-state index < -0.39 is 0 Å². The van der Waals surface area contributed by atoms with Gasteiger partial charge in [0, 0.05) is 11.5 Å². The van der Waals surface area contributed by atoms with E-state index in [1.165, 1.54) is 35.1 Å². The Morgan fingerprint density at radius 1 is 1.27 bits per heavy atom. The minimum atomic E-state index is 0.373. The first kappa shape index (κ1) is 17.1. The highest BCUT2D eigenvalue weighted by molar-refractivity contribution is 5.48. The zero-order valence-corrected chi connectivity index (χ0v) is 14.9. The number of phenolic OH excluding ortho intramolecular Hbond substituents is 1. The third-order valence-corrected chi connectivity index (χ3v) is 4.87. The normalized spacial score (nSPS) is 22.0. The Morgan fingerprint density at radius 3 is 2.64 bits per heavy atom. The van der Waals surface area contributed by atoms with Crippen LogP contribution in [0.25, 0.3) is 0 Å². The summed E-state index contributed by atoms with van der Waals surface area (Å²) in [6, 6.07) is 4.36. The Labute approximate surface area is 136 Å². The maximum atomic E-state index is 10.7. The molecule has 1 aliphatic rings. The fourth-order valence-corrected chi connectivity index (χ4v) is 3.74. The van der Waals surface area contributed by atoms with E-state index in [-0.39, 0.29) is 0 Å². The molecule has 0 aromatic heterocycles. The topological polar surface area (TPSA) is 20.2 Å². The number of allylic oxidation sites excluding steroid dienone is 2.